The van der Waals surface area contributed by atoms with E-state index in [4.69, 9.17) is 22.1 Å². The molecule has 0 aliphatic carbocycles. The highest BCUT2D eigenvalue weighted by Gasteiger charge is 2.47. The molecule has 29 heavy (non-hydrogen) atoms. The predicted octanol–water partition coefficient (Wildman–Crippen LogP) is 3.23. The van der Waals surface area contributed by atoms with Gasteiger partial charge in [-0.1, -0.05) is 23.7 Å². The van der Waals surface area contributed by atoms with E-state index in [1.165, 1.54) is 23.1 Å². The van der Waals surface area contributed by atoms with Gasteiger partial charge in [0.05, 0.1) is 12.8 Å². The van der Waals surface area contributed by atoms with Crippen molar-refractivity contribution in [2.24, 2.45) is 0 Å². The minimum Gasteiger partial charge on any atom is -0.380 e. The number of anilines is 3. The summed E-state index contributed by atoms with van der Waals surface area (Å²) >= 11 is 7.86. The zero-order valence-corrected chi connectivity index (χ0v) is 17.4. The van der Waals surface area contributed by atoms with E-state index in [9.17, 15) is 5.11 Å². The van der Waals surface area contributed by atoms with Gasteiger partial charge in [-0.2, -0.15) is 4.98 Å². The van der Waals surface area contributed by atoms with E-state index in [2.05, 4.69) is 25.9 Å². The first-order valence-electron chi connectivity index (χ1n) is 9.31. The highest BCUT2D eigenvalue weighted by Crippen LogP contribution is 2.50. The number of nitrogens with zero attached hydrogens (tertiary/aromatic N) is 4. The van der Waals surface area contributed by atoms with Crippen molar-refractivity contribution in [3.63, 3.8) is 0 Å². The van der Waals surface area contributed by atoms with Gasteiger partial charge in [0, 0.05) is 35.8 Å². The lowest BCUT2D eigenvalue weighted by Gasteiger charge is -2.24. The number of hydrogen-bond acceptors (Lipinski definition) is 8. The van der Waals surface area contributed by atoms with E-state index in [0.717, 1.165) is 17.7 Å². The van der Waals surface area contributed by atoms with Crippen LogP contribution in [0.4, 0.5) is 17.5 Å². The summed E-state index contributed by atoms with van der Waals surface area (Å²) in [6, 6.07) is 6.05. The first-order valence-corrected chi connectivity index (χ1v) is 10.6. The number of thiazole rings is 1. The van der Waals surface area contributed by atoms with Crippen LogP contribution in [0.2, 0.25) is 5.02 Å². The summed E-state index contributed by atoms with van der Waals surface area (Å²) in [5.41, 5.74) is 7.38. The summed E-state index contributed by atoms with van der Waals surface area (Å²) in [7, 11) is 0. The molecule has 2 atom stereocenters. The summed E-state index contributed by atoms with van der Waals surface area (Å²) < 4.78 is 5.76. The van der Waals surface area contributed by atoms with E-state index in [0.29, 0.717) is 35.6 Å². The fourth-order valence-electron chi connectivity index (χ4n) is 4.26. The number of nitrogens with two attached hydrogens (primary N) is 1. The molecule has 0 amide bonds. The Kier molecular flexibility index (Phi) is 4.29. The number of aliphatic hydroxyl groups is 1. The van der Waals surface area contributed by atoms with Gasteiger partial charge in [0.1, 0.15) is 15.6 Å². The second-order valence-corrected chi connectivity index (χ2v) is 9.01. The van der Waals surface area contributed by atoms with E-state index < -0.39 is 5.60 Å². The zero-order chi connectivity index (χ0) is 20.2. The van der Waals surface area contributed by atoms with E-state index in [-0.39, 0.29) is 11.4 Å². The van der Waals surface area contributed by atoms with Crippen LogP contribution in [0.15, 0.2) is 36.0 Å². The van der Waals surface area contributed by atoms with Crippen LogP contribution in [-0.2, 0) is 15.8 Å². The number of aromatic nitrogens is 3. The molecule has 0 radical (unpaired) electrons. The number of rotatable bonds is 3. The molecule has 0 saturated carbocycles. The maximum Gasteiger partial charge on any atom is 0.222 e. The quantitative estimate of drug-likeness (QED) is 0.659. The highest BCUT2D eigenvalue weighted by molar-refractivity contribution is 7.09. The Bertz CT molecular complexity index is 1070. The minimum atomic E-state index is -1.20. The van der Waals surface area contributed by atoms with Crippen molar-refractivity contribution < 1.29 is 9.84 Å². The smallest absolute Gasteiger partial charge is 0.222 e. The van der Waals surface area contributed by atoms with Crippen LogP contribution >= 0.6 is 22.9 Å². The largest absolute Gasteiger partial charge is 0.380 e. The Balaban J connectivity index is 1.67. The summed E-state index contributed by atoms with van der Waals surface area (Å²) in [5.74, 6) is 0.732. The molecule has 2 aromatic heterocycles. The number of benzene rings is 1. The Morgan fingerprint density at radius 1 is 1.38 bits per heavy atom. The Morgan fingerprint density at radius 3 is 2.97 bits per heavy atom. The van der Waals surface area contributed by atoms with Crippen molar-refractivity contribution >= 4 is 40.4 Å². The normalized spacial score (nSPS) is 22.8. The van der Waals surface area contributed by atoms with Crippen molar-refractivity contribution in [1.82, 2.24) is 15.0 Å². The average Bonchev–Trinajstić information content (AvgIpc) is 3.46. The molecule has 2 aliphatic heterocycles. The fraction of sp³-hybridized carbons (Fsp3) is 0.350. The average molecular weight is 430 g/mol. The van der Waals surface area contributed by atoms with Crippen molar-refractivity contribution in [2.45, 2.75) is 24.4 Å². The second-order valence-electron chi connectivity index (χ2n) is 7.71. The lowest BCUT2D eigenvalue weighted by atomic mass is 9.81. The SMILES string of the molecule is C[C@@](O)(c1ccc2c(c1)N(c1nc(N)ncc1Cl)C[C@]21CCOC1)c1nccs1. The molecule has 2 aliphatic rings. The summed E-state index contributed by atoms with van der Waals surface area (Å²) in [6.07, 6.45) is 4.13. The van der Waals surface area contributed by atoms with Gasteiger partial charge >= 0.3 is 0 Å². The van der Waals surface area contributed by atoms with Gasteiger partial charge in [0.15, 0.2) is 5.82 Å². The van der Waals surface area contributed by atoms with Crippen LogP contribution in [-0.4, -0.2) is 39.8 Å². The van der Waals surface area contributed by atoms with Gasteiger partial charge in [0.2, 0.25) is 5.95 Å². The molecular weight excluding hydrogens is 410 g/mol. The zero-order valence-electron chi connectivity index (χ0n) is 15.8. The summed E-state index contributed by atoms with van der Waals surface area (Å²) in [6.45, 7) is 3.79. The number of hydrogen-bond donors (Lipinski definition) is 2. The molecule has 7 nitrogen and oxygen atoms in total. The van der Waals surface area contributed by atoms with Crippen molar-refractivity contribution in [2.75, 3.05) is 30.4 Å². The van der Waals surface area contributed by atoms with Crippen molar-refractivity contribution in [3.05, 3.63) is 57.1 Å². The number of ether oxygens (including phenoxy) is 1. The van der Waals surface area contributed by atoms with E-state index >= 15 is 0 Å². The van der Waals surface area contributed by atoms with E-state index in [1.807, 2.05) is 17.5 Å². The van der Waals surface area contributed by atoms with Crippen molar-refractivity contribution in [3.8, 4) is 0 Å². The monoisotopic (exact) mass is 429 g/mol. The molecule has 1 fully saturated rings. The van der Waals surface area contributed by atoms with Gasteiger partial charge in [-0.3, -0.25) is 0 Å². The topological polar surface area (TPSA) is 97.4 Å². The first-order chi connectivity index (χ1) is 13.9. The third kappa shape index (κ3) is 2.90. The third-order valence-corrected chi connectivity index (χ3v) is 7.09. The van der Waals surface area contributed by atoms with Crippen LogP contribution in [0.25, 0.3) is 0 Å². The highest BCUT2D eigenvalue weighted by atomic mass is 35.5. The molecule has 1 aromatic carbocycles. The van der Waals surface area contributed by atoms with Crippen LogP contribution in [0.3, 0.4) is 0 Å². The Hall–Kier alpha value is -2.26. The Morgan fingerprint density at radius 2 is 2.24 bits per heavy atom. The molecule has 4 heterocycles. The predicted molar refractivity (Wildman–Crippen MR) is 113 cm³/mol. The van der Waals surface area contributed by atoms with Gasteiger partial charge in [-0.25, -0.2) is 9.97 Å². The fourth-order valence-corrected chi connectivity index (χ4v) is 5.17. The maximum atomic E-state index is 11.2. The minimum absolute atomic E-state index is 0.135. The van der Waals surface area contributed by atoms with Gasteiger partial charge in [-0.05, 0) is 30.5 Å². The molecule has 3 aromatic rings. The molecule has 0 bridgehead atoms. The molecule has 3 N–H and O–H groups in total. The molecule has 150 valence electrons. The standard InChI is InChI=1S/C20H20ClN5O2S/c1-19(27,17-23-5-7-29-17)12-2-3-13-15(8-12)26(10-20(13)4-6-28-11-20)16-14(21)9-24-18(22)25-16/h2-3,5,7-9,27H,4,6,10-11H2,1H3,(H2,22,24,25)/t19-,20+/m1/s1. The lowest BCUT2D eigenvalue weighted by Crippen LogP contribution is -2.32. The molecule has 9 heteroatoms. The van der Waals surface area contributed by atoms with E-state index in [1.54, 1.807) is 13.1 Å². The van der Waals surface area contributed by atoms with Crippen LogP contribution < -0.4 is 10.6 Å². The number of nitrogen functional groups attached to an aromatic ring is 1. The molecule has 5 rings (SSSR count). The molecule has 1 spiro atoms. The van der Waals surface area contributed by atoms with Gasteiger partial charge in [0.25, 0.3) is 0 Å². The van der Waals surface area contributed by atoms with Crippen LogP contribution in [0.5, 0.6) is 0 Å². The second kappa shape index (κ2) is 6.63. The third-order valence-electron chi connectivity index (χ3n) is 5.83. The lowest BCUT2D eigenvalue weighted by molar-refractivity contribution is 0.102. The molecule has 0 unspecified atom stereocenters. The summed E-state index contributed by atoms with van der Waals surface area (Å²) in [4.78, 5) is 14.7. The number of fused-ring (bicyclic) bond motifs is 2. The molecular formula is C20H20ClN5O2S. The van der Waals surface area contributed by atoms with Gasteiger partial charge in [-0.15, -0.1) is 11.3 Å². The Labute approximate surface area is 177 Å². The van der Waals surface area contributed by atoms with Crippen LogP contribution in [0.1, 0.15) is 29.5 Å². The van der Waals surface area contributed by atoms with Gasteiger partial charge < -0.3 is 20.5 Å². The first kappa shape index (κ1) is 18.7. The number of halogens is 1. The van der Waals surface area contributed by atoms with Crippen molar-refractivity contribution in [1.29, 1.82) is 0 Å². The molecule has 1 saturated heterocycles. The maximum absolute atomic E-state index is 11.2. The summed E-state index contributed by atoms with van der Waals surface area (Å²) in [5, 5.41) is 14.2. The van der Waals surface area contributed by atoms with Crippen LogP contribution in [0, 0.1) is 0 Å².